The van der Waals surface area contributed by atoms with Crippen molar-refractivity contribution in [3.8, 4) is 0 Å². The van der Waals surface area contributed by atoms with Gasteiger partial charge in [-0.05, 0) is 47.2 Å². The van der Waals surface area contributed by atoms with Crippen molar-refractivity contribution in [2.45, 2.75) is 58.7 Å². The second-order valence-electron chi connectivity index (χ2n) is 7.16. The average molecular weight is 255 g/mol. The molecule has 0 aliphatic carbocycles. The van der Waals surface area contributed by atoms with Crippen molar-refractivity contribution >= 4 is 0 Å². The smallest absolute Gasteiger partial charge is 0.0254 e. The van der Waals surface area contributed by atoms with Crippen molar-refractivity contribution in [1.82, 2.24) is 15.1 Å². The molecule has 3 heteroatoms. The van der Waals surface area contributed by atoms with Crippen molar-refractivity contribution in [3.63, 3.8) is 0 Å². The lowest BCUT2D eigenvalue weighted by Crippen LogP contribution is -2.47. The third-order valence-electron chi connectivity index (χ3n) is 4.12. The van der Waals surface area contributed by atoms with Gasteiger partial charge in [-0.2, -0.15) is 0 Å². The van der Waals surface area contributed by atoms with Crippen LogP contribution in [0.2, 0.25) is 0 Å². The minimum atomic E-state index is 0.222. The maximum absolute atomic E-state index is 3.65. The molecular weight excluding hydrogens is 222 g/mol. The number of likely N-dealkylation sites (tertiary alicyclic amines) is 1. The molecule has 108 valence electrons. The third-order valence-corrected chi connectivity index (χ3v) is 4.12. The Balaban J connectivity index is 2.52. The molecule has 0 aromatic carbocycles. The molecule has 0 saturated carbocycles. The molecule has 3 atom stereocenters. The van der Waals surface area contributed by atoms with Gasteiger partial charge < -0.3 is 10.2 Å². The van der Waals surface area contributed by atoms with Crippen LogP contribution in [0.3, 0.4) is 0 Å². The second-order valence-corrected chi connectivity index (χ2v) is 7.16. The van der Waals surface area contributed by atoms with Gasteiger partial charge in [0, 0.05) is 37.3 Å². The number of nitrogens with zero attached hydrogens (tertiary/aromatic N) is 2. The highest BCUT2D eigenvalue weighted by Gasteiger charge is 2.34. The van der Waals surface area contributed by atoms with Gasteiger partial charge in [0.2, 0.25) is 0 Å². The summed E-state index contributed by atoms with van der Waals surface area (Å²) in [6, 6.07) is 1.39. The van der Waals surface area contributed by atoms with E-state index < -0.39 is 0 Å². The number of hydrogen-bond acceptors (Lipinski definition) is 3. The van der Waals surface area contributed by atoms with Crippen LogP contribution in [-0.4, -0.2) is 61.2 Å². The van der Waals surface area contributed by atoms with Gasteiger partial charge in [-0.1, -0.05) is 13.8 Å². The van der Waals surface area contributed by atoms with Gasteiger partial charge in [0.15, 0.2) is 0 Å². The van der Waals surface area contributed by atoms with E-state index in [4.69, 9.17) is 0 Å². The largest absolute Gasteiger partial charge is 0.311 e. The number of rotatable bonds is 5. The van der Waals surface area contributed by atoms with Gasteiger partial charge in [-0.15, -0.1) is 0 Å². The Hall–Kier alpha value is -0.120. The fraction of sp³-hybridized carbons (Fsp3) is 1.00. The normalized spacial score (nSPS) is 28.0. The maximum Gasteiger partial charge on any atom is 0.0254 e. The van der Waals surface area contributed by atoms with E-state index in [0.717, 1.165) is 12.5 Å². The fourth-order valence-corrected chi connectivity index (χ4v) is 2.91. The lowest BCUT2D eigenvalue weighted by Gasteiger charge is -2.31. The number of likely N-dealkylation sites (N-methyl/N-ethyl adjacent to an activating group) is 1. The van der Waals surface area contributed by atoms with E-state index in [1.165, 1.54) is 19.5 Å². The summed E-state index contributed by atoms with van der Waals surface area (Å²) in [6.45, 7) is 15.0. The minimum absolute atomic E-state index is 0.222. The molecule has 1 rings (SSSR count). The SMILES string of the molecule is CCC(CNC(C)(C)C)N1CC(C)C(N(C)C)C1. The van der Waals surface area contributed by atoms with Crippen LogP contribution in [0.4, 0.5) is 0 Å². The van der Waals surface area contributed by atoms with Crippen molar-refractivity contribution in [3.05, 3.63) is 0 Å². The van der Waals surface area contributed by atoms with E-state index in [0.29, 0.717) is 12.1 Å². The van der Waals surface area contributed by atoms with Gasteiger partial charge in [0.25, 0.3) is 0 Å². The van der Waals surface area contributed by atoms with Crippen LogP contribution in [0.1, 0.15) is 41.0 Å². The van der Waals surface area contributed by atoms with Gasteiger partial charge >= 0.3 is 0 Å². The Labute approximate surface area is 114 Å². The van der Waals surface area contributed by atoms with Gasteiger partial charge in [-0.25, -0.2) is 0 Å². The molecule has 1 saturated heterocycles. The van der Waals surface area contributed by atoms with E-state index in [1.54, 1.807) is 0 Å². The summed E-state index contributed by atoms with van der Waals surface area (Å²) in [7, 11) is 4.41. The van der Waals surface area contributed by atoms with Crippen LogP contribution in [0.5, 0.6) is 0 Å². The van der Waals surface area contributed by atoms with Crippen molar-refractivity contribution in [1.29, 1.82) is 0 Å². The predicted molar refractivity (Wildman–Crippen MR) is 80.0 cm³/mol. The summed E-state index contributed by atoms with van der Waals surface area (Å²) < 4.78 is 0. The molecule has 1 aliphatic rings. The Kier molecular flexibility index (Phi) is 5.63. The third kappa shape index (κ3) is 4.52. The van der Waals surface area contributed by atoms with Crippen LogP contribution < -0.4 is 5.32 Å². The maximum atomic E-state index is 3.65. The standard InChI is InChI=1S/C15H33N3/c1-8-13(9-16-15(3,4)5)18-10-12(2)14(11-18)17(6)7/h12-14,16H,8-11H2,1-7H3. The zero-order valence-corrected chi connectivity index (χ0v) is 13.5. The first-order chi connectivity index (χ1) is 8.24. The van der Waals surface area contributed by atoms with Crippen molar-refractivity contribution < 1.29 is 0 Å². The number of hydrogen-bond donors (Lipinski definition) is 1. The summed E-state index contributed by atoms with van der Waals surface area (Å²) >= 11 is 0. The van der Waals surface area contributed by atoms with Gasteiger partial charge in [0.1, 0.15) is 0 Å². The molecule has 0 bridgehead atoms. The first kappa shape index (κ1) is 15.9. The lowest BCUT2D eigenvalue weighted by atomic mass is 10.1. The van der Waals surface area contributed by atoms with Crippen molar-refractivity contribution in [2.75, 3.05) is 33.7 Å². The van der Waals surface area contributed by atoms with Crippen LogP contribution in [-0.2, 0) is 0 Å². The molecular formula is C15H33N3. The molecule has 3 unspecified atom stereocenters. The van der Waals surface area contributed by atoms with Crippen LogP contribution in [0.25, 0.3) is 0 Å². The summed E-state index contributed by atoms with van der Waals surface area (Å²) in [4.78, 5) is 5.06. The molecule has 1 aliphatic heterocycles. The van der Waals surface area contributed by atoms with E-state index >= 15 is 0 Å². The highest BCUT2D eigenvalue weighted by molar-refractivity contribution is 4.90. The molecule has 0 aromatic rings. The molecule has 1 heterocycles. The zero-order chi connectivity index (χ0) is 13.9. The Morgan fingerprint density at radius 2 is 1.89 bits per heavy atom. The minimum Gasteiger partial charge on any atom is -0.311 e. The number of nitrogens with one attached hydrogen (secondary N) is 1. The Bertz CT molecular complexity index is 245. The van der Waals surface area contributed by atoms with E-state index in [1.807, 2.05) is 0 Å². The van der Waals surface area contributed by atoms with Crippen LogP contribution >= 0.6 is 0 Å². The summed E-state index contributed by atoms with van der Waals surface area (Å²) in [5, 5.41) is 3.65. The monoisotopic (exact) mass is 255 g/mol. The summed E-state index contributed by atoms with van der Waals surface area (Å²) in [6.07, 6.45) is 1.23. The predicted octanol–water partition coefficient (Wildman–Crippen LogP) is 2.04. The summed E-state index contributed by atoms with van der Waals surface area (Å²) in [5.74, 6) is 0.781. The highest BCUT2D eigenvalue weighted by atomic mass is 15.3. The molecule has 3 nitrogen and oxygen atoms in total. The molecule has 18 heavy (non-hydrogen) atoms. The topological polar surface area (TPSA) is 18.5 Å². The van der Waals surface area contributed by atoms with E-state index in [-0.39, 0.29) is 5.54 Å². The van der Waals surface area contributed by atoms with Crippen LogP contribution in [0, 0.1) is 5.92 Å². The fourth-order valence-electron chi connectivity index (χ4n) is 2.91. The molecule has 0 amide bonds. The first-order valence-electron chi connectivity index (χ1n) is 7.40. The average Bonchev–Trinajstić information content (AvgIpc) is 2.59. The second kappa shape index (κ2) is 6.36. The zero-order valence-electron chi connectivity index (χ0n) is 13.5. The van der Waals surface area contributed by atoms with E-state index in [9.17, 15) is 0 Å². The first-order valence-corrected chi connectivity index (χ1v) is 7.40. The van der Waals surface area contributed by atoms with Gasteiger partial charge in [-0.3, -0.25) is 4.90 Å². The molecule has 0 radical (unpaired) electrons. The Morgan fingerprint density at radius 1 is 1.28 bits per heavy atom. The quantitative estimate of drug-likeness (QED) is 0.811. The highest BCUT2D eigenvalue weighted by Crippen LogP contribution is 2.23. The summed E-state index contributed by atoms with van der Waals surface area (Å²) in [5.41, 5.74) is 0.222. The lowest BCUT2D eigenvalue weighted by molar-refractivity contribution is 0.196. The van der Waals surface area contributed by atoms with Crippen LogP contribution in [0.15, 0.2) is 0 Å². The molecule has 1 N–H and O–H groups in total. The Morgan fingerprint density at radius 3 is 2.28 bits per heavy atom. The molecule has 1 fully saturated rings. The van der Waals surface area contributed by atoms with Crippen molar-refractivity contribution in [2.24, 2.45) is 5.92 Å². The molecule has 0 spiro atoms. The van der Waals surface area contributed by atoms with E-state index in [2.05, 4.69) is 63.8 Å². The van der Waals surface area contributed by atoms with Gasteiger partial charge in [0.05, 0.1) is 0 Å². The molecule has 0 aromatic heterocycles.